The quantitative estimate of drug-likeness (QED) is 0.484. The number of hydrogen-bond acceptors (Lipinski definition) is 4. The SMILES string of the molecule is COc1ccc(NC(=O)C(C#N)=Cc2ccc(-c3ccc(OC)cc3)cc2)cc1. The van der Waals surface area contributed by atoms with Crippen molar-refractivity contribution in [3.8, 4) is 28.7 Å². The molecule has 0 bridgehead atoms. The number of hydrogen-bond donors (Lipinski definition) is 1. The molecule has 0 spiro atoms. The summed E-state index contributed by atoms with van der Waals surface area (Å²) in [5, 5.41) is 12.1. The first-order chi connectivity index (χ1) is 14.1. The lowest BCUT2D eigenvalue weighted by Gasteiger charge is -2.06. The molecule has 5 nitrogen and oxygen atoms in total. The van der Waals surface area contributed by atoms with E-state index in [4.69, 9.17) is 9.47 Å². The summed E-state index contributed by atoms with van der Waals surface area (Å²) in [6, 6.07) is 24.3. The molecule has 0 atom stereocenters. The second-order valence-electron chi connectivity index (χ2n) is 6.20. The average Bonchev–Trinajstić information content (AvgIpc) is 2.78. The Balaban J connectivity index is 1.73. The van der Waals surface area contributed by atoms with Gasteiger partial charge in [0, 0.05) is 5.69 Å². The van der Waals surface area contributed by atoms with E-state index >= 15 is 0 Å². The summed E-state index contributed by atoms with van der Waals surface area (Å²) in [5.41, 5.74) is 3.47. The molecule has 3 rings (SSSR count). The molecule has 0 heterocycles. The predicted octanol–water partition coefficient (Wildman–Crippen LogP) is 4.92. The summed E-state index contributed by atoms with van der Waals surface area (Å²) < 4.78 is 10.3. The number of carbonyl (C=O) groups excluding carboxylic acids is 1. The Hall–Kier alpha value is -4.04. The number of nitrogens with zero attached hydrogens (tertiary/aromatic N) is 1. The van der Waals surface area contributed by atoms with E-state index in [-0.39, 0.29) is 5.57 Å². The number of benzene rings is 3. The molecular weight excluding hydrogens is 364 g/mol. The molecule has 0 aliphatic carbocycles. The van der Waals surface area contributed by atoms with Crippen molar-refractivity contribution in [3.05, 3.63) is 83.9 Å². The van der Waals surface area contributed by atoms with E-state index in [9.17, 15) is 10.1 Å². The third-order valence-electron chi connectivity index (χ3n) is 4.36. The van der Waals surface area contributed by atoms with Gasteiger partial charge in [-0.05, 0) is 59.2 Å². The van der Waals surface area contributed by atoms with Crippen molar-refractivity contribution in [2.45, 2.75) is 0 Å². The maximum atomic E-state index is 12.4. The minimum absolute atomic E-state index is 0.0259. The van der Waals surface area contributed by atoms with Gasteiger partial charge in [-0.1, -0.05) is 36.4 Å². The molecular formula is C24H20N2O3. The van der Waals surface area contributed by atoms with Crippen LogP contribution in [-0.4, -0.2) is 20.1 Å². The highest BCUT2D eigenvalue weighted by atomic mass is 16.5. The Morgan fingerprint density at radius 2 is 1.31 bits per heavy atom. The van der Waals surface area contributed by atoms with Crippen LogP contribution in [0, 0.1) is 11.3 Å². The van der Waals surface area contributed by atoms with E-state index in [1.807, 2.05) is 54.6 Å². The number of nitrogens with one attached hydrogen (secondary N) is 1. The molecule has 0 saturated carbocycles. The van der Waals surface area contributed by atoms with Gasteiger partial charge >= 0.3 is 0 Å². The highest BCUT2D eigenvalue weighted by molar-refractivity contribution is 6.09. The molecule has 29 heavy (non-hydrogen) atoms. The van der Waals surface area contributed by atoms with Crippen molar-refractivity contribution in [3.63, 3.8) is 0 Å². The summed E-state index contributed by atoms with van der Waals surface area (Å²) >= 11 is 0. The van der Waals surface area contributed by atoms with E-state index in [1.54, 1.807) is 44.6 Å². The minimum Gasteiger partial charge on any atom is -0.497 e. The number of ether oxygens (including phenoxy) is 2. The number of methoxy groups -OCH3 is 2. The zero-order chi connectivity index (χ0) is 20.6. The molecule has 0 radical (unpaired) electrons. The predicted molar refractivity (Wildman–Crippen MR) is 114 cm³/mol. The Morgan fingerprint density at radius 3 is 1.79 bits per heavy atom. The lowest BCUT2D eigenvalue weighted by atomic mass is 10.0. The summed E-state index contributed by atoms with van der Waals surface area (Å²) in [4.78, 5) is 12.4. The smallest absolute Gasteiger partial charge is 0.266 e. The van der Waals surface area contributed by atoms with Gasteiger partial charge in [-0.2, -0.15) is 5.26 Å². The Kier molecular flexibility index (Phi) is 6.29. The van der Waals surface area contributed by atoms with E-state index < -0.39 is 5.91 Å². The third kappa shape index (κ3) is 5.02. The lowest BCUT2D eigenvalue weighted by molar-refractivity contribution is -0.112. The summed E-state index contributed by atoms with van der Waals surface area (Å²) in [6.45, 7) is 0. The van der Waals surface area contributed by atoms with Gasteiger partial charge in [0.05, 0.1) is 14.2 Å². The van der Waals surface area contributed by atoms with Crippen LogP contribution in [0.1, 0.15) is 5.56 Å². The van der Waals surface area contributed by atoms with Crippen molar-refractivity contribution in [2.24, 2.45) is 0 Å². The molecule has 144 valence electrons. The van der Waals surface area contributed by atoms with Crippen LogP contribution in [0.25, 0.3) is 17.2 Å². The van der Waals surface area contributed by atoms with Gasteiger partial charge in [-0.3, -0.25) is 4.79 Å². The number of rotatable bonds is 6. The fourth-order valence-electron chi connectivity index (χ4n) is 2.74. The molecule has 1 N–H and O–H groups in total. The molecule has 0 unspecified atom stereocenters. The van der Waals surface area contributed by atoms with Gasteiger partial charge in [0.1, 0.15) is 23.1 Å². The topological polar surface area (TPSA) is 71.3 Å². The molecule has 0 fully saturated rings. The first-order valence-corrected chi connectivity index (χ1v) is 8.94. The van der Waals surface area contributed by atoms with Crippen molar-refractivity contribution < 1.29 is 14.3 Å². The van der Waals surface area contributed by atoms with Crippen LogP contribution in [-0.2, 0) is 4.79 Å². The molecule has 0 aliphatic rings. The summed E-state index contributed by atoms with van der Waals surface area (Å²) in [5.74, 6) is 1.03. The fourth-order valence-corrected chi connectivity index (χ4v) is 2.74. The summed E-state index contributed by atoms with van der Waals surface area (Å²) in [7, 11) is 3.21. The van der Waals surface area contributed by atoms with E-state index in [0.717, 1.165) is 22.4 Å². The number of carbonyl (C=O) groups is 1. The normalized spacial score (nSPS) is 10.7. The standard InChI is InChI=1S/C24H20N2O3/c1-28-22-11-7-19(8-12-22)18-5-3-17(4-6-18)15-20(16-25)24(27)26-21-9-13-23(29-2)14-10-21/h3-15H,1-2H3,(H,26,27). The zero-order valence-corrected chi connectivity index (χ0v) is 16.2. The first kappa shape index (κ1) is 19.7. The van der Waals surface area contributed by atoms with Crippen molar-refractivity contribution in [2.75, 3.05) is 19.5 Å². The molecule has 0 aliphatic heterocycles. The van der Waals surface area contributed by atoms with Gasteiger partial charge in [-0.15, -0.1) is 0 Å². The molecule has 3 aromatic carbocycles. The van der Waals surface area contributed by atoms with Gasteiger partial charge in [0.2, 0.25) is 0 Å². The molecule has 0 aromatic heterocycles. The highest BCUT2D eigenvalue weighted by Gasteiger charge is 2.10. The molecule has 0 saturated heterocycles. The van der Waals surface area contributed by atoms with Crippen molar-refractivity contribution in [1.29, 1.82) is 5.26 Å². The van der Waals surface area contributed by atoms with Gasteiger partial charge in [0.15, 0.2) is 0 Å². The molecule has 1 amide bonds. The Labute approximate surface area is 169 Å². The highest BCUT2D eigenvalue weighted by Crippen LogP contribution is 2.23. The minimum atomic E-state index is -0.461. The van der Waals surface area contributed by atoms with Gasteiger partial charge in [-0.25, -0.2) is 0 Å². The van der Waals surface area contributed by atoms with Gasteiger partial charge in [0.25, 0.3) is 5.91 Å². The largest absolute Gasteiger partial charge is 0.497 e. The molecule has 5 heteroatoms. The van der Waals surface area contributed by atoms with E-state index in [1.165, 1.54) is 0 Å². The van der Waals surface area contributed by atoms with Crippen LogP contribution < -0.4 is 14.8 Å². The average molecular weight is 384 g/mol. The Bertz CT molecular complexity index is 1050. The third-order valence-corrected chi connectivity index (χ3v) is 4.36. The van der Waals surface area contributed by atoms with Gasteiger partial charge < -0.3 is 14.8 Å². The van der Waals surface area contributed by atoms with Crippen molar-refractivity contribution >= 4 is 17.7 Å². The van der Waals surface area contributed by atoms with Crippen LogP contribution in [0.15, 0.2) is 78.4 Å². The van der Waals surface area contributed by atoms with Crippen LogP contribution in [0.2, 0.25) is 0 Å². The second-order valence-corrected chi connectivity index (χ2v) is 6.20. The van der Waals surface area contributed by atoms with E-state index in [2.05, 4.69) is 5.32 Å². The van der Waals surface area contributed by atoms with Crippen LogP contribution in [0.3, 0.4) is 0 Å². The number of amides is 1. The van der Waals surface area contributed by atoms with Crippen molar-refractivity contribution in [1.82, 2.24) is 0 Å². The van der Waals surface area contributed by atoms with Crippen LogP contribution in [0.5, 0.6) is 11.5 Å². The lowest BCUT2D eigenvalue weighted by Crippen LogP contribution is -2.13. The maximum Gasteiger partial charge on any atom is 0.266 e. The Morgan fingerprint density at radius 1 is 0.828 bits per heavy atom. The van der Waals surface area contributed by atoms with Crippen LogP contribution in [0.4, 0.5) is 5.69 Å². The first-order valence-electron chi connectivity index (χ1n) is 8.94. The second kappa shape index (κ2) is 9.25. The number of nitriles is 1. The van der Waals surface area contributed by atoms with E-state index in [0.29, 0.717) is 11.4 Å². The molecule has 3 aromatic rings. The number of anilines is 1. The zero-order valence-electron chi connectivity index (χ0n) is 16.2. The monoisotopic (exact) mass is 384 g/mol. The summed E-state index contributed by atoms with van der Waals surface area (Å²) in [6.07, 6.45) is 1.57. The fraction of sp³-hybridized carbons (Fsp3) is 0.0833. The maximum absolute atomic E-state index is 12.4. The van der Waals surface area contributed by atoms with Crippen LogP contribution >= 0.6 is 0 Å².